The molecule has 0 unspecified atom stereocenters. The summed E-state index contributed by atoms with van der Waals surface area (Å²) in [4.78, 5) is 6.73. The highest BCUT2D eigenvalue weighted by molar-refractivity contribution is 7.08. The maximum absolute atomic E-state index is 5.36. The molecule has 4 heterocycles. The zero-order chi connectivity index (χ0) is 14.9. The van der Waals surface area contributed by atoms with Crippen LogP contribution in [-0.2, 0) is 26.1 Å². The second-order valence-electron chi connectivity index (χ2n) is 5.27. The van der Waals surface area contributed by atoms with Crippen molar-refractivity contribution in [3.05, 3.63) is 34.4 Å². The van der Waals surface area contributed by atoms with Crippen LogP contribution in [-0.4, -0.2) is 36.3 Å². The average Bonchev–Trinajstić information content (AvgIpc) is 3.27. The summed E-state index contributed by atoms with van der Waals surface area (Å²) in [6.45, 7) is 5.37. The first-order valence-corrected chi connectivity index (χ1v) is 8.26. The molecule has 3 aromatic rings. The number of hydrogen-bond donors (Lipinski definition) is 0. The molecule has 0 amide bonds. The lowest BCUT2D eigenvalue weighted by Crippen LogP contribution is -2.34. The summed E-state index contributed by atoms with van der Waals surface area (Å²) in [6.07, 6.45) is 0.917. The molecular formula is C14H16N6OS. The Hall–Kier alpha value is -2.06. The van der Waals surface area contributed by atoms with E-state index in [1.54, 1.807) is 11.3 Å². The minimum atomic E-state index is 0.643. The molecule has 0 fully saturated rings. The van der Waals surface area contributed by atoms with Gasteiger partial charge in [0.25, 0.3) is 0 Å². The van der Waals surface area contributed by atoms with Gasteiger partial charge < -0.3 is 9.09 Å². The van der Waals surface area contributed by atoms with E-state index < -0.39 is 0 Å². The highest BCUT2D eigenvalue weighted by atomic mass is 32.1. The maximum atomic E-state index is 5.36. The van der Waals surface area contributed by atoms with E-state index in [9.17, 15) is 0 Å². The van der Waals surface area contributed by atoms with Crippen LogP contribution >= 0.6 is 11.3 Å². The van der Waals surface area contributed by atoms with E-state index in [4.69, 9.17) is 4.52 Å². The highest BCUT2D eigenvalue weighted by Gasteiger charge is 2.22. The zero-order valence-corrected chi connectivity index (χ0v) is 13.1. The summed E-state index contributed by atoms with van der Waals surface area (Å²) in [5, 5.41) is 16.6. The third-order valence-corrected chi connectivity index (χ3v) is 4.51. The highest BCUT2D eigenvalue weighted by Crippen LogP contribution is 2.20. The lowest BCUT2D eigenvalue weighted by molar-refractivity contribution is 0.182. The summed E-state index contributed by atoms with van der Waals surface area (Å²) in [5.41, 5.74) is 1.01. The van der Waals surface area contributed by atoms with Gasteiger partial charge in [0.1, 0.15) is 11.6 Å². The van der Waals surface area contributed by atoms with Crippen molar-refractivity contribution in [3.63, 3.8) is 0 Å². The summed E-state index contributed by atoms with van der Waals surface area (Å²) < 4.78 is 7.57. The van der Waals surface area contributed by atoms with Gasteiger partial charge in [-0.3, -0.25) is 4.90 Å². The molecule has 1 aliphatic rings. The standard InChI is InChI=1S/C14H16N6OS/c1-2-11-16-17-12-7-19(4-5-20(11)12)8-13-15-14(18-21-13)10-3-6-22-9-10/h3,6,9H,2,4-5,7-8H2,1H3. The van der Waals surface area contributed by atoms with Gasteiger partial charge in [-0.05, 0) is 11.4 Å². The molecule has 1 aliphatic heterocycles. The van der Waals surface area contributed by atoms with Gasteiger partial charge >= 0.3 is 0 Å². The van der Waals surface area contributed by atoms with Crippen LogP contribution < -0.4 is 0 Å². The van der Waals surface area contributed by atoms with E-state index in [-0.39, 0.29) is 0 Å². The third-order valence-electron chi connectivity index (χ3n) is 3.83. The molecule has 0 N–H and O–H groups in total. The lowest BCUT2D eigenvalue weighted by atomic mass is 10.3. The third kappa shape index (κ3) is 2.44. The fourth-order valence-electron chi connectivity index (χ4n) is 2.68. The maximum Gasteiger partial charge on any atom is 0.241 e. The van der Waals surface area contributed by atoms with Crippen molar-refractivity contribution in [3.8, 4) is 11.4 Å². The van der Waals surface area contributed by atoms with Gasteiger partial charge in [-0.2, -0.15) is 16.3 Å². The Labute approximate surface area is 131 Å². The SMILES string of the molecule is CCc1nnc2n1CCN(Cc1nc(-c3ccsc3)no1)C2. The monoisotopic (exact) mass is 316 g/mol. The molecule has 3 aromatic heterocycles. The van der Waals surface area contributed by atoms with Crippen LogP contribution in [0.4, 0.5) is 0 Å². The first kappa shape index (κ1) is 13.6. The van der Waals surface area contributed by atoms with Crippen molar-refractivity contribution in [2.24, 2.45) is 0 Å². The molecule has 8 heteroatoms. The Morgan fingerprint density at radius 3 is 3.09 bits per heavy atom. The molecule has 114 valence electrons. The van der Waals surface area contributed by atoms with Crippen molar-refractivity contribution in [1.29, 1.82) is 0 Å². The Morgan fingerprint density at radius 1 is 1.32 bits per heavy atom. The van der Waals surface area contributed by atoms with Crippen LogP contribution in [0.1, 0.15) is 24.5 Å². The molecule has 0 spiro atoms. The van der Waals surface area contributed by atoms with E-state index in [1.807, 2.05) is 16.8 Å². The van der Waals surface area contributed by atoms with E-state index in [2.05, 4.69) is 36.7 Å². The molecule has 7 nitrogen and oxygen atoms in total. The molecule has 0 aromatic carbocycles. The lowest BCUT2D eigenvalue weighted by Gasteiger charge is -2.26. The second kappa shape index (κ2) is 5.62. The van der Waals surface area contributed by atoms with Crippen LogP contribution in [0.2, 0.25) is 0 Å². The number of aromatic nitrogens is 5. The minimum absolute atomic E-state index is 0.643. The summed E-state index contributed by atoms with van der Waals surface area (Å²) in [5.74, 6) is 3.38. The molecule has 22 heavy (non-hydrogen) atoms. The molecule has 4 rings (SSSR count). The molecule has 0 bridgehead atoms. The first-order chi connectivity index (χ1) is 10.8. The van der Waals surface area contributed by atoms with Crippen LogP contribution in [0, 0.1) is 0 Å². The topological polar surface area (TPSA) is 72.9 Å². The Bertz CT molecular complexity index is 762. The van der Waals surface area contributed by atoms with Crippen LogP contribution in [0.15, 0.2) is 21.3 Å². The number of rotatable bonds is 4. The number of aryl methyl sites for hydroxylation is 1. The normalized spacial score (nSPS) is 15.1. The number of fused-ring (bicyclic) bond motifs is 1. The Morgan fingerprint density at radius 2 is 2.27 bits per heavy atom. The van der Waals surface area contributed by atoms with Crippen LogP contribution in [0.25, 0.3) is 11.4 Å². The van der Waals surface area contributed by atoms with Gasteiger partial charge in [0.2, 0.25) is 11.7 Å². The van der Waals surface area contributed by atoms with E-state index in [1.165, 1.54) is 0 Å². The van der Waals surface area contributed by atoms with Crippen LogP contribution in [0.3, 0.4) is 0 Å². The number of nitrogens with zero attached hydrogens (tertiary/aromatic N) is 6. The van der Waals surface area contributed by atoms with Crippen molar-refractivity contribution in [1.82, 2.24) is 29.8 Å². The predicted molar refractivity (Wildman–Crippen MR) is 81.1 cm³/mol. The Kier molecular flexibility index (Phi) is 3.47. The fourth-order valence-corrected chi connectivity index (χ4v) is 3.32. The summed E-state index contributed by atoms with van der Waals surface area (Å²) in [7, 11) is 0. The van der Waals surface area contributed by atoms with Gasteiger partial charge in [0.05, 0.1) is 13.1 Å². The quantitative estimate of drug-likeness (QED) is 0.733. The van der Waals surface area contributed by atoms with E-state index in [0.717, 1.165) is 43.3 Å². The predicted octanol–water partition coefficient (Wildman–Crippen LogP) is 1.97. The van der Waals surface area contributed by atoms with Crippen molar-refractivity contribution in [2.45, 2.75) is 33.0 Å². The molecule has 0 radical (unpaired) electrons. The van der Waals surface area contributed by atoms with E-state index >= 15 is 0 Å². The molecule has 0 aliphatic carbocycles. The average molecular weight is 316 g/mol. The summed E-state index contributed by atoms with van der Waals surface area (Å²) >= 11 is 1.63. The van der Waals surface area contributed by atoms with Gasteiger partial charge in [-0.25, -0.2) is 0 Å². The molecule has 0 saturated carbocycles. The molecular weight excluding hydrogens is 300 g/mol. The van der Waals surface area contributed by atoms with Gasteiger partial charge in [0.15, 0.2) is 0 Å². The van der Waals surface area contributed by atoms with E-state index in [0.29, 0.717) is 18.3 Å². The van der Waals surface area contributed by atoms with Crippen LogP contribution in [0.5, 0.6) is 0 Å². The zero-order valence-electron chi connectivity index (χ0n) is 12.3. The minimum Gasteiger partial charge on any atom is -0.338 e. The summed E-state index contributed by atoms with van der Waals surface area (Å²) in [6, 6.07) is 1.99. The van der Waals surface area contributed by atoms with Crippen molar-refractivity contribution < 1.29 is 4.52 Å². The first-order valence-electron chi connectivity index (χ1n) is 7.32. The number of hydrogen-bond acceptors (Lipinski definition) is 7. The fraction of sp³-hybridized carbons (Fsp3) is 0.429. The Balaban J connectivity index is 1.46. The number of thiophene rings is 1. The van der Waals surface area contributed by atoms with Crippen molar-refractivity contribution >= 4 is 11.3 Å². The van der Waals surface area contributed by atoms with Gasteiger partial charge in [-0.15, -0.1) is 10.2 Å². The smallest absolute Gasteiger partial charge is 0.241 e. The van der Waals surface area contributed by atoms with Crippen molar-refractivity contribution in [2.75, 3.05) is 6.54 Å². The largest absolute Gasteiger partial charge is 0.338 e. The van der Waals surface area contributed by atoms with Gasteiger partial charge in [0, 0.05) is 30.5 Å². The molecule has 0 saturated heterocycles. The van der Waals surface area contributed by atoms with Gasteiger partial charge in [-0.1, -0.05) is 12.1 Å². The second-order valence-corrected chi connectivity index (χ2v) is 6.05. The molecule has 0 atom stereocenters.